The number of methoxy groups -OCH3 is 1. The van der Waals surface area contributed by atoms with Crippen LogP contribution >= 0.6 is 0 Å². The third-order valence-corrected chi connectivity index (χ3v) is 5.03. The summed E-state index contributed by atoms with van der Waals surface area (Å²) in [5, 5.41) is 12.8. The Labute approximate surface area is 154 Å². The number of aromatic nitrogens is 1. The first-order valence-electron chi connectivity index (χ1n) is 9.08. The van der Waals surface area contributed by atoms with Crippen molar-refractivity contribution in [3.05, 3.63) is 59.3 Å². The van der Waals surface area contributed by atoms with E-state index < -0.39 is 0 Å². The fourth-order valence-corrected chi connectivity index (χ4v) is 3.33. The first-order valence-corrected chi connectivity index (χ1v) is 9.08. The molecule has 1 saturated carbocycles. The van der Waals surface area contributed by atoms with Gasteiger partial charge in [-0.1, -0.05) is 35.9 Å². The lowest BCUT2D eigenvalue weighted by Crippen LogP contribution is -2.41. The number of hydrogen-bond acceptors (Lipinski definition) is 4. The van der Waals surface area contributed by atoms with Gasteiger partial charge >= 0.3 is 0 Å². The number of carbonyl (C=O) groups is 1. The van der Waals surface area contributed by atoms with E-state index in [2.05, 4.69) is 41.5 Å². The minimum absolute atomic E-state index is 0.0211. The third kappa shape index (κ3) is 4.61. The maximum Gasteiger partial charge on any atom is 0.220 e. The van der Waals surface area contributed by atoms with Crippen LogP contribution in [0.3, 0.4) is 0 Å². The molecule has 2 aromatic rings. The van der Waals surface area contributed by atoms with E-state index in [1.54, 1.807) is 19.4 Å². The molecule has 1 fully saturated rings. The Bertz CT molecular complexity index is 722. The quantitative estimate of drug-likeness (QED) is 0.802. The highest BCUT2D eigenvalue weighted by molar-refractivity contribution is 5.76. The minimum atomic E-state index is -0.266. The van der Waals surface area contributed by atoms with Crippen molar-refractivity contribution in [3.63, 3.8) is 0 Å². The van der Waals surface area contributed by atoms with Gasteiger partial charge < -0.3 is 15.2 Å². The summed E-state index contributed by atoms with van der Waals surface area (Å²) in [6.45, 7) is 2.05. The number of nitrogens with one attached hydrogen (secondary N) is 1. The summed E-state index contributed by atoms with van der Waals surface area (Å²) in [7, 11) is 1.58. The van der Waals surface area contributed by atoms with Crippen molar-refractivity contribution in [1.29, 1.82) is 0 Å². The zero-order valence-corrected chi connectivity index (χ0v) is 15.3. The van der Waals surface area contributed by atoms with Gasteiger partial charge in [-0.2, -0.15) is 0 Å². The summed E-state index contributed by atoms with van der Waals surface area (Å²) in [6.07, 6.45) is 4.04. The van der Waals surface area contributed by atoms with Crippen LogP contribution in [0.5, 0.6) is 5.88 Å². The number of pyridine rings is 1. The Hall–Kier alpha value is -2.40. The molecule has 2 N–H and O–H groups in total. The zero-order chi connectivity index (χ0) is 18.5. The van der Waals surface area contributed by atoms with Gasteiger partial charge in [-0.05, 0) is 43.2 Å². The second-order valence-electron chi connectivity index (χ2n) is 7.05. The van der Waals surface area contributed by atoms with E-state index in [0.717, 1.165) is 11.1 Å². The topological polar surface area (TPSA) is 71.5 Å². The van der Waals surface area contributed by atoms with Crippen molar-refractivity contribution in [1.82, 2.24) is 10.3 Å². The summed E-state index contributed by atoms with van der Waals surface area (Å²) < 4.78 is 5.11. The van der Waals surface area contributed by atoms with Gasteiger partial charge in [0.25, 0.3) is 0 Å². The molecule has 1 unspecified atom stereocenters. The SMILES string of the molecule is COc1ccc(C(NC(=O)CCc2ccc(C)cc2)C2CC(O)C2)cn1. The van der Waals surface area contributed by atoms with Crippen LogP contribution in [0, 0.1) is 12.8 Å². The number of aliphatic hydroxyl groups is 1. The lowest BCUT2D eigenvalue weighted by atomic mass is 9.75. The van der Waals surface area contributed by atoms with Crippen LogP contribution < -0.4 is 10.1 Å². The molecule has 0 bridgehead atoms. The Morgan fingerprint density at radius 1 is 1.27 bits per heavy atom. The largest absolute Gasteiger partial charge is 0.481 e. The molecule has 0 saturated heterocycles. The molecule has 1 amide bonds. The number of ether oxygens (including phenoxy) is 1. The van der Waals surface area contributed by atoms with Crippen molar-refractivity contribution in [2.75, 3.05) is 7.11 Å². The van der Waals surface area contributed by atoms with Crippen molar-refractivity contribution in [2.45, 2.75) is 44.8 Å². The highest BCUT2D eigenvalue weighted by atomic mass is 16.5. The molecule has 0 radical (unpaired) electrons. The number of hydrogen-bond donors (Lipinski definition) is 2. The summed E-state index contributed by atoms with van der Waals surface area (Å²) in [6, 6.07) is 11.9. The minimum Gasteiger partial charge on any atom is -0.481 e. The summed E-state index contributed by atoms with van der Waals surface area (Å²) >= 11 is 0. The van der Waals surface area contributed by atoms with E-state index in [1.165, 1.54) is 5.56 Å². The van der Waals surface area contributed by atoms with E-state index in [1.807, 2.05) is 6.07 Å². The molecule has 5 nitrogen and oxygen atoms in total. The molecule has 1 heterocycles. The predicted octanol–water partition coefficient (Wildman–Crippen LogP) is 2.96. The van der Waals surface area contributed by atoms with Crippen LogP contribution in [-0.4, -0.2) is 29.2 Å². The van der Waals surface area contributed by atoms with Gasteiger partial charge in [0.2, 0.25) is 11.8 Å². The van der Waals surface area contributed by atoms with Gasteiger partial charge in [-0.15, -0.1) is 0 Å². The number of amides is 1. The number of aliphatic hydroxyl groups excluding tert-OH is 1. The van der Waals surface area contributed by atoms with Crippen LogP contribution in [0.1, 0.15) is 42.0 Å². The molecule has 1 aromatic heterocycles. The predicted molar refractivity (Wildman–Crippen MR) is 99.9 cm³/mol. The molecule has 1 aliphatic rings. The van der Waals surface area contributed by atoms with E-state index in [-0.39, 0.29) is 24.0 Å². The lowest BCUT2D eigenvalue weighted by molar-refractivity contribution is -0.123. The molecule has 1 aliphatic carbocycles. The van der Waals surface area contributed by atoms with Crippen LogP contribution in [-0.2, 0) is 11.2 Å². The number of benzene rings is 1. The maximum atomic E-state index is 12.5. The molecular weight excluding hydrogens is 328 g/mol. The summed E-state index contributed by atoms with van der Waals surface area (Å²) in [5.74, 6) is 0.808. The summed E-state index contributed by atoms with van der Waals surface area (Å²) in [4.78, 5) is 16.7. The number of carbonyl (C=O) groups excluding carboxylic acids is 1. The lowest BCUT2D eigenvalue weighted by Gasteiger charge is -2.38. The standard InChI is InChI=1S/C21H26N2O3/c1-14-3-5-15(6-4-14)7-9-19(25)23-21(17-11-18(24)12-17)16-8-10-20(26-2)22-13-16/h3-6,8,10,13,17-18,21,24H,7,9,11-12H2,1-2H3,(H,23,25). The number of aryl methyl sites for hydroxylation is 2. The molecule has 0 spiro atoms. The van der Waals surface area contributed by atoms with E-state index in [4.69, 9.17) is 4.74 Å². The Kier molecular flexibility index (Phi) is 5.89. The van der Waals surface area contributed by atoms with Crippen LogP contribution in [0.2, 0.25) is 0 Å². The van der Waals surface area contributed by atoms with Crippen LogP contribution in [0.15, 0.2) is 42.6 Å². The number of rotatable bonds is 7. The van der Waals surface area contributed by atoms with Crippen molar-refractivity contribution in [2.24, 2.45) is 5.92 Å². The highest BCUT2D eigenvalue weighted by Gasteiger charge is 2.35. The van der Waals surface area contributed by atoms with E-state index >= 15 is 0 Å². The zero-order valence-electron chi connectivity index (χ0n) is 15.3. The van der Waals surface area contributed by atoms with Gasteiger partial charge in [0, 0.05) is 18.7 Å². The molecule has 1 aromatic carbocycles. The Balaban J connectivity index is 1.62. The maximum absolute atomic E-state index is 12.5. The van der Waals surface area contributed by atoms with Gasteiger partial charge in [0.05, 0.1) is 19.3 Å². The second-order valence-corrected chi connectivity index (χ2v) is 7.05. The van der Waals surface area contributed by atoms with Crippen LogP contribution in [0.4, 0.5) is 0 Å². The second kappa shape index (κ2) is 8.32. The van der Waals surface area contributed by atoms with Gasteiger partial charge in [-0.25, -0.2) is 4.98 Å². The third-order valence-electron chi connectivity index (χ3n) is 5.03. The molecule has 138 valence electrons. The normalized spacial score (nSPS) is 20.1. The van der Waals surface area contributed by atoms with Crippen molar-refractivity contribution in [3.8, 4) is 5.88 Å². The van der Waals surface area contributed by atoms with Gasteiger partial charge in [0.1, 0.15) is 0 Å². The van der Waals surface area contributed by atoms with Crippen LogP contribution in [0.25, 0.3) is 0 Å². The van der Waals surface area contributed by atoms with Crippen molar-refractivity contribution >= 4 is 5.91 Å². The first kappa shape index (κ1) is 18.4. The fraction of sp³-hybridized carbons (Fsp3) is 0.429. The van der Waals surface area contributed by atoms with Gasteiger partial charge in [0.15, 0.2) is 0 Å². The molecule has 26 heavy (non-hydrogen) atoms. The monoisotopic (exact) mass is 354 g/mol. The van der Waals surface area contributed by atoms with E-state index in [0.29, 0.717) is 31.6 Å². The first-order chi connectivity index (χ1) is 12.5. The molecule has 0 aliphatic heterocycles. The molecule has 3 rings (SSSR count). The van der Waals surface area contributed by atoms with Gasteiger partial charge in [-0.3, -0.25) is 4.79 Å². The average Bonchev–Trinajstić information content (AvgIpc) is 2.63. The van der Waals surface area contributed by atoms with E-state index in [9.17, 15) is 9.90 Å². The number of nitrogens with zero attached hydrogens (tertiary/aromatic N) is 1. The Morgan fingerprint density at radius 3 is 2.58 bits per heavy atom. The highest BCUT2D eigenvalue weighted by Crippen LogP contribution is 2.38. The summed E-state index contributed by atoms with van der Waals surface area (Å²) in [5.41, 5.74) is 3.33. The molecule has 5 heteroatoms. The molecular formula is C21H26N2O3. The Morgan fingerprint density at radius 2 is 2.00 bits per heavy atom. The fourth-order valence-electron chi connectivity index (χ4n) is 3.33. The van der Waals surface area contributed by atoms with Crippen molar-refractivity contribution < 1.29 is 14.6 Å². The smallest absolute Gasteiger partial charge is 0.220 e. The average molecular weight is 354 g/mol. The molecule has 1 atom stereocenters.